The molecule has 1 aliphatic rings. The van der Waals surface area contributed by atoms with E-state index in [1.165, 1.54) is 36.8 Å². The molecule has 2 nitrogen and oxygen atoms in total. The Labute approximate surface area is 159 Å². The van der Waals surface area contributed by atoms with Crippen LogP contribution in [-0.2, 0) is 26.5 Å². The van der Waals surface area contributed by atoms with Crippen molar-refractivity contribution in [3.05, 3.63) is 59.2 Å². The number of phenolic OH excluding ortho intramolecular Hbond substituents is 1. The molecule has 0 bridgehead atoms. The molecule has 0 aliphatic heterocycles. The van der Waals surface area contributed by atoms with Gasteiger partial charge in [-0.2, -0.15) is 0 Å². The van der Waals surface area contributed by atoms with Gasteiger partial charge in [0.05, 0.1) is 7.11 Å². The molecule has 0 aromatic heterocycles. The van der Waals surface area contributed by atoms with Gasteiger partial charge in [0.15, 0.2) is 0 Å². The van der Waals surface area contributed by atoms with Gasteiger partial charge in [-0.3, -0.25) is 0 Å². The van der Waals surface area contributed by atoms with Crippen LogP contribution in [0.2, 0.25) is 0 Å². The predicted molar refractivity (Wildman–Crippen MR) is 94.4 cm³/mol. The van der Waals surface area contributed by atoms with Crippen LogP contribution in [-0.4, -0.2) is 12.2 Å². The van der Waals surface area contributed by atoms with E-state index >= 15 is 0 Å². The number of ether oxygens (including phenoxy) is 1. The van der Waals surface area contributed by atoms with Gasteiger partial charge in [0.1, 0.15) is 11.5 Å². The fraction of sp³-hybridized carbons (Fsp3) is 0.429. The number of aromatic hydroxyl groups is 1. The summed E-state index contributed by atoms with van der Waals surface area (Å²) in [7, 11) is 1.69. The minimum Gasteiger partial charge on any atom is -0.508 e. The molecular formula is C21H26O2W. The van der Waals surface area contributed by atoms with Gasteiger partial charge in [0.2, 0.25) is 0 Å². The van der Waals surface area contributed by atoms with Crippen molar-refractivity contribution in [1.82, 2.24) is 0 Å². The summed E-state index contributed by atoms with van der Waals surface area (Å²) < 4.78 is 5.26. The maximum Gasteiger partial charge on any atom is 0.119 e. The summed E-state index contributed by atoms with van der Waals surface area (Å²) in [4.78, 5) is 0. The van der Waals surface area contributed by atoms with Crippen molar-refractivity contribution in [3.8, 4) is 11.5 Å². The molecule has 0 atom stereocenters. The van der Waals surface area contributed by atoms with Gasteiger partial charge >= 0.3 is 0 Å². The number of methoxy groups -OCH3 is 1. The topological polar surface area (TPSA) is 29.5 Å². The zero-order valence-electron chi connectivity index (χ0n) is 14.7. The molecule has 0 heterocycles. The van der Waals surface area contributed by atoms with Crippen molar-refractivity contribution in [2.45, 2.75) is 50.9 Å². The first-order chi connectivity index (χ1) is 11.0. The molecule has 0 unspecified atom stereocenters. The first-order valence-electron chi connectivity index (χ1n) is 8.50. The summed E-state index contributed by atoms with van der Waals surface area (Å²) in [6.07, 6.45) is 4.94. The van der Waals surface area contributed by atoms with Crippen LogP contribution >= 0.6 is 0 Å². The van der Waals surface area contributed by atoms with Crippen molar-refractivity contribution in [2.24, 2.45) is 0 Å². The van der Waals surface area contributed by atoms with Gasteiger partial charge in [-0.25, -0.2) is 0 Å². The molecule has 1 saturated carbocycles. The fourth-order valence-electron chi connectivity index (χ4n) is 3.68. The average molecular weight is 494 g/mol. The average Bonchev–Trinajstić information content (AvgIpc) is 3.09. The van der Waals surface area contributed by atoms with Crippen molar-refractivity contribution in [2.75, 3.05) is 7.11 Å². The monoisotopic (exact) mass is 494 g/mol. The molecule has 128 valence electrons. The van der Waals surface area contributed by atoms with Crippen molar-refractivity contribution in [3.63, 3.8) is 0 Å². The SMILES string of the molecule is COc1ccc(C(C)(C)c2ccc(O)c(C3CCCC3)c2)cc1.[W]. The third-order valence-corrected chi connectivity index (χ3v) is 5.36. The Bertz CT molecular complexity index is 671. The Kier molecular flexibility index (Phi) is 6.15. The van der Waals surface area contributed by atoms with Gasteiger partial charge in [-0.15, -0.1) is 0 Å². The number of hydrogen-bond donors (Lipinski definition) is 1. The quantitative estimate of drug-likeness (QED) is 0.619. The van der Waals surface area contributed by atoms with Gasteiger partial charge in [0, 0.05) is 26.5 Å². The second-order valence-electron chi connectivity index (χ2n) is 7.11. The minimum absolute atomic E-state index is 0. The number of benzene rings is 2. The molecule has 2 aromatic carbocycles. The smallest absolute Gasteiger partial charge is 0.119 e. The molecule has 1 fully saturated rings. The van der Waals surface area contributed by atoms with Crippen LogP contribution in [0.1, 0.15) is 62.1 Å². The number of rotatable bonds is 4. The molecular weight excluding hydrogens is 468 g/mol. The zero-order chi connectivity index (χ0) is 16.4. The summed E-state index contributed by atoms with van der Waals surface area (Å²) in [5.74, 6) is 1.84. The van der Waals surface area contributed by atoms with Crippen LogP contribution in [0, 0.1) is 0 Å². The van der Waals surface area contributed by atoms with Crippen LogP contribution in [0.5, 0.6) is 11.5 Å². The summed E-state index contributed by atoms with van der Waals surface area (Å²) in [6.45, 7) is 4.47. The van der Waals surface area contributed by atoms with E-state index in [0.29, 0.717) is 11.7 Å². The van der Waals surface area contributed by atoms with Crippen molar-refractivity contribution in [1.29, 1.82) is 0 Å². The largest absolute Gasteiger partial charge is 0.508 e. The van der Waals surface area contributed by atoms with Gasteiger partial charge < -0.3 is 9.84 Å². The molecule has 1 N–H and O–H groups in total. The summed E-state index contributed by atoms with van der Waals surface area (Å²) in [6, 6.07) is 14.4. The fourth-order valence-corrected chi connectivity index (χ4v) is 3.68. The van der Waals surface area contributed by atoms with Crippen molar-refractivity contribution < 1.29 is 30.9 Å². The maximum atomic E-state index is 10.3. The first-order valence-corrected chi connectivity index (χ1v) is 8.50. The van der Waals surface area contributed by atoms with E-state index in [4.69, 9.17) is 4.74 Å². The van der Waals surface area contributed by atoms with E-state index in [0.717, 1.165) is 11.3 Å². The van der Waals surface area contributed by atoms with E-state index in [-0.39, 0.29) is 26.5 Å². The molecule has 2 aromatic rings. The standard InChI is InChI=1S/C21H26O2.W/c1-21(2,16-8-11-18(23-3)12-9-16)17-10-13-20(22)19(14-17)15-6-4-5-7-15;/h8-15,22H,4-7H2,1-3H3;. The molecule has 3 heteroatoms. The van der Waals surface area contributed by atoms with E-state index in [9.17, 15) is 5.11 Å². The van der Waals surface area contributed by atoms with E-state index in [2.05, 4.69) is 38.1 Å². The molecule has 3 rings (SSSR count). The normalized spacial score (nSPS) is 15.1. The molecule has 24 heavy (non-hydrogen) atoms. The van der Waals surface area contributed by atoms with Gasteiger partial charge in [-0.1, -0.05) is 51.0 Å². The van der Waals surface area contributed by atoms with Crippen LogP contribution in [0.4, 0.5) is 0 Å². The van der Waals surface area contributed by atoms with Crippen LogP contribution in [0.3, 0.4) is 0 Å². The summed E-state index contributed by atoms with van der Waals surface area (Å²) in [5.41, 5.74) is 3.53. The molecule has 0 amide bonds. The third-order valence-electron chi connectivity index (χ3n) is 5.36. The third kappa shape index (κ3) is 3.69. The van der Waals surface area contributed by atoms with Crippen LogP contribution in [0.15, 0.2) is 42.5 Å². The second-order valence-corrected chi connectivity index (χ2v) is 7.11. The van der Waals surface area contributed by atoms with Crippen LogP contribution in [0.25, 0.3) is 0 Å². The maximum absolute atomic E-state index is 10.3. The molecule has 0 radical (unpaired) electrons. The molecule has 0 spiro atoms. The number of hydrogen-bond acceptors (Lipinski definition) is 2. The minimum atomic E-state index is -0.104. The second kappa shape index (κ2) is 7.74. The van der Waals surface area contributed by atoms with Crippen LogP contribution < -0.4 is 4.74 Å². The van der Waals surface area contributed by atoms with E-state index < -0.39 is 0 Å². The zero-order valence-corrected chi connectivity index (χ0v) is 17.6. The Balaban J connectivity index is 0.00000208. The Morgan fingerprint density at radius 2 is 1.54 bits per heavy atom. The molecule has 0 saturated heterocycles. The van der Waals surface area contributed by atoms with Gasteiger partial charge in [0.25, 0.3) is 0 Å². The van der Waals surface area contributed by atoms with E-state index in [1.54, 1.807) is 7.11 Å². The van der Waals surface area contributed by atoms with Crippen molar-refractivity contribution >= 4 is 0 Å². The summed E-state index contributed by atoms with van der Waals surface area (Å²) in [5, 5.41) is 10.3. The predicted octanol–water partition coefficient (Wildman–Crippen LogP) is 5.38. The molecule has 1 aliphatic carbocycles. The number of phenols is 1. The Morgan fingerprint density at radius 1 is 0.958 bits per heavy atom. The van der Waals surface area contributed by atoms with E-state index in [1.807, 2.05) is 18.2 Å². The Hall–Kier alpha value is -1.27. The van der Waals surface area contributed by atoms with Gasteiger partial charge in [-0.05, 0) is 53.6 Å². The first kappa shape index (κ1) is 19.1. The Morgan fingerprint density at radius 3 is 2.12 bits per heavy atom. The summed E-state index contributed by atoms with van der Waals surface area (Å²) >= 11 is 0.